The third-order valence-electron chi connectivity index (χ3n) is 3.79. The summed E-state index contributed by atoms with van der Waals surface area (Å²) in [6.07, 6.45) is 1.33. The van der Waals surface area contributed by atoms with E-state index in [1.807, 2.05) is 0 Å². The van der Waals surface area contributed by atoms with E-state index in [-0.39, 0.29) is 11.3 Å². The summed E-state index contributed by atoms with van der Waals surface area (Å²) in [4.78, 5) is 27.9. The maximum atomic E-state index is 12.9. The fraction of sp³-hybridized carbons (Fsp3) is 0.118. The molecule has 1 aromatic heterocycles. The summed E-state index contributed by atoms with van der Waals surface area (Å²) >= 11 is 13.2. The summed E-state index contributed by atoms with van der Waals surface area (Å²) in [5.41, 5.74) is 0.631. The highest BCUT2D eigenvalue weighted by Gasteiger charge is 2.21. The Morgan fingerprint density at radius 2 is 2.07 bits per heavy atom. The van der Waals surface area contributed by atoms with E-state index in [4.69, 9.17) is 23.2 Å². The monoisotopic (exact) mass is 437 g/mol. The van der Waals surface area contributed by atoms with Gasteiger partial charge in [-0.15, -0.1) is 0 Å². The molecule has 144 valence electrons. The van der Waals surface area contributed by atoms with Crippen molar-refractivity contribution in [2.75, 3.05) is 0 Å². The maximum Gasteiger partial charge on any atom is 0.270 e. The Kier molecular flexibility index (Phi) is 6.18. The molecule has 2 N–H and O–H groups in total. The van der Waals surface area contributed by atoms with E-state index in [0.29, 0.717) is 25.7 Å². The molecule has 0 saturated carbocycles. The van der Waals surface area contributed by atoms with Crippen LogP contribution in [0.1, 0.15) is 28.9 Å². The first-order chi connectivity index (χ1) is 13.3. The molecule has 1 atom stereocenters. The van der Waals surface area contributed by atoms with Gasteiger partial charge >= 0.3 is 0 Å². The molecule has 0 fully saturated rings. The third-order valence-corrected chi connectivity index (χ3v) is 5.32. The molecule has 0 radical (unpaired) electrons. The minimum Gasteiger partial charge on any atom is -0.345 e. The summed E-state index contributed by atoms with van der Waals surface area (Å²) < 4.78 is 0. The average molecular weight is 438 g/mol. The van der Waals surface area contributed by atoms with Gasteiger partial charge in [-0.3, -0.25) is 20.0 Å². The first-order valence-corrected chi connectivity index (χ1v) is 9.50. The molecule has 8 nitrogen and oxygen atoms in total. The molecule has 0 saturated heterocycles. The topological polar surface area (TPSA) is 114 Å². The molecule has 0 spiro atoms. The quantitative estimate of drug-likeness (QED) is 0.427. The zero-order valence-corrected chi connectivity index (χ0v) is 16.7. The Balaban J connectivity index is 1.90. The van der Waals surface area contributed by atoms with Gasteiger partial charge in [-0.25, -0.2) is 4.98 Å². The molecular formula is C17H13Cl2N5O3S. The number of nitro benzene ring substituents is 1. The van der Waals surface area contributed by atoms with E-state index < -0.39 is 16.9 Å². The Hall–Kier alpha value is -2.62. The van der Waals surface area contributed by atoms with Gasteiger partial charge in [0, 0.05) is 27.1 Å². The smallest absolute Gasteiger partial charge is 0.270 e. The van der Waals surface area contributed by atoms with Gasteiger partial charge in [0.15, 0.2) is 5.16 Å². The minimum absolute atomic E-state index is 0.146. The summed E-state index contributed by atoms with van der Waals surface area (Å²) in [6.45, 7) is 1.76. The summed E-state index contributed by atoms with van der Waals surface area (Å²) in [7, 11) is 0. The van der Waals surface area contributed by atoms with Gasteiger partial charge < -0.3 is 5.32 Å². The summed E-state index contributed by atoms with van der Waals surface area (Å²) in [5.74, 6) is -0.482. The minimum atomic E-state index is -0.556. The number of carbonyl (C=O) groups is 1. The van der Waals surface area contributed by atoms with Crippen LogP contribution in [0.15, 0.2) is 52.8 Å². The predicted octanol–water partition coefficient (Wildman–Crippen LogP) is 4.66. The second-order valence-electron chi connectivity index (χ2n) is 5.69. The number of nitrogens with one attached hydrogen (secondary N) is 2. The lowest BCUT2D eigenvalue weighted by atomic mass is 10.1. The summed E-state index contributed by atoms with van der Waals surface area (Å²) in [6, 6.07) is 8.58. The van der Waals surface area contributed by atoms with Gasteiger partial charge in [-0.1, -0.05) is 29.3 Å². The number of hydrogen-bond donors (Lipinski definition) is 2. The maximum absolute atomic E-state index is 12.9. The Morgan fingerprint density at radius 1 is 1.29 bits per heavy atom. The number of carbonyl (C=O) groups excluding carboxylic acids is 1. The van der Waals surface area contributed by atoms with Crippen LogP contribution in [-0.4, -0.2) is 26.0 Å². The molecule has 2 aromatic carbocycles. The highest BCUT2D eigenvalue weighted by atomic mass is 35.5. The van der Waals surface area contributed by atoms with Gasteiger partial charge in [0.25, 0.3) is 11.6 Å². The van der Waals surface area contributed by atoms with Crippen molar-refractivity contribution in [3.8, 4) is 0 Å². The second-order valence-corrected chi connectivity index (χ2v) is 7.57. The van der Waals surface area contributed by atoms with Gasteiger partial charge in [0.2, 0.25) is 0 Å². The number of benzene rings is 2. The molecule has 0 aliphatic carbocycles. The molecule has 1 amide bonds. The Labute approximate surface area is 173 Å². The zero-order chi connectivity index (χ0) is 20.3. The number of non-ortho nitro benzene ring substituents is 1. The van der Waals surface area contributed by atoms with E-state index in [2.05, 4.69) is 20.5 Å². The molecule has 3 rings (SSSR count). The van der Waals surface area contributed by atoms with Gasteiger partial charge in [0.1, 0.15) is 6.33 Å². The van der Waals surface area contributed by atoms with Crippen molar-refractivity contribution < 1.29 is 9.72 Å². The van der Waals surface area contributed by atoms with Crippen LogP contribution in [0.25, 0.3) is 0 Å². The fourth-order valence-corrected chi connectivity index (χ4v) is 3.83. The number of amides is 1. The Morgan fingerprint density at radius 3 is 2.71 bits per heavy atom. The van der Waals surface area contributed by atoms with Crippen LogP contribution in [0, 0.1) is 10.1 Å². The molecule has 0 bridgehead atoms. The van der Waals surface area contributed by atoms with Crippen molar-refractivity contribution in [2.45, 2.75) is 23.0 Å². The number of aromatic nitrogens is 3. The second kappa shape index (κ2) is 8.59. The largest absolute Gasteiger partial charge is 0.345 e. The lowest BCUT2D eigenvalue weighted by Gasteiger charge is -2.17. The van der Waals surface area contributed by atoms with Crippen LogP contribution in [0.5, 0.6) is 0 Å². The predicted molar refractivity (Wildman–Crippen MR) is 106 cm³/mol. The Bertz CT molecular complexity index is 1030. The van der Waals surface area contributed by atoms with E-state index in [0.717, 1.165) is 11.8 Å². The third kappa shape index (κ3) is 4.61. The van der Waals surface area contributed by atoms with E-state index in [9.17, 15) is 14.9 Å². The molecule has 11 heteroatoms. The van der Waals surface area contributed by atoms with Gasteiger partial charge in [-0.2, -0.15) is 5.10 Å². The van der Waals surface area contributed by atoms with Crippen LogP contribution in [-0.2, 0) is 0 Å². The number of nitrogens with zero attached hydrogens (tertiary/aromatic N) is 3. The van der Waals surface area contributed by atoms with Crippen LogP contribution < -0.4 is 5.32 Å². The summed E-state index contributed by atoms with van der Waals surface area (Å²) in [5, 5.41) is 21.7. The highest BCUT2D eigenvalue weighted by molar-refractivity contribution is 7.99. The van der Waals surface area contributed by atoms with Crippen molar-refractivity contribution in [2.24, 2.45) is 0 Å². The SMILES string of the molecule is CC(NC(=O)c1cc([N+](=O)[O-])ccc1Sc1ncn[nH]1)c1ccc(Cl)cc1Cl. The van der Waals surface area contributed by atoms with Crippen LogP contribution >= 0.6 is 35.0 Å². The van der Waals surface area contributed by atoms with Crippen molar-refractivity contribution >= 4 is 46.6 Å². The van der Waals surface area contributed by atoms with E-state index in [1.165, 1.54) is 24.5 Å². The molecule has 0 aliphatic heterocycles. The van der Waals surface area contributed by atoms with Crippen LogP contribution in [0.4, 0.5) is 5.69 Å². The first kappa shape index (κ1) is 20.1. The van der Waals surface area contributed by atoms with Gasteiger partial charge in [-0.05, 0) is 42.4 Å². The molecule has 0 aliphatic rings. The average Bonchev–Trinajstić information content (AvgIpc) is 3.14. The number of rotatable bonds is 6. The fourth-order valence-electron chi connectivity index (χ4n) is 2.45. The lowest BCUT2D eigenvalue weighted by Crippen LogP contribution is -2.27. The van der Waals surface area contributed by atoms with Gasteiger partial charge in [0.05, 0.1) is 16.5 Å². The van der Waals surface area contributed by atoms with Crippen molar-refractivity contribution in [1.29, 1.82) is 0 Å². The molecule has 3 aromatic rings. The lowest BCUT2D eigenvalue weighted by molar-refractivity contribution is -0.384. The number of hydrogen-bond acceptors (Lipinski definition) is 6. The molecule has 1 heterocycles. The highest BCUT2D eigenvalue weighted by Crippen LogP contribution is 2.31. The zero-order valence-electron chi connectivity index (χ0n) is 14.3. The molecule has 1 unspecified atom stereocenters. The standard InChI is InChI=1S/C17H13Cl2N5O3S/c1-9(12-4-2-10(18)6-14(12)19)22-16(25)13-7-11(24(26)27)3-5-15(13)28-17-20-8-21-23-17/h2-9H,1H3,(H,22,25)(H,20,21,23). The van der Waals surface area contributed by atoms with E-state index >= 15 is 0 Å². The number of halogens is 2. The van der Waals surface area contributed by atoms with E-state index in [1.54, 1.807) is 25.1 Å². The van der Waals surface area contributed by atoms with Crippen molar-refractivity contribution in [3.05, 3.63) is 74.0 Å². The number of nitro groups is 1. The number of H-pyrrole nitrogens is 1. The van der Waals surface area contributed by atoms with Crippen molar-refractivity contribution in [3.63, 3.8) is 0 Å². The number of aromatic amines is 1. The molecule has 28 heavy (non-hydrogen) atoms. The normalized spacial score (nSPS) is 11.8. The van der Waals surface area contributed by atoms with Crippen LogP contribution in [0.3, 0.4) is 0 Å². The van der Waals surface area contributed by atoms with Crippen LogP contribution in [0.2, 0.25) is 10.0 Å². The molecular weight excluding hydrogens is 425 g/mol. The first-order valence-electron chi connectivity index (χ1n) is 7.92. The van der Waals surface area contributed by atoms with Crippen molar-refractivity contribution in [1.82, 2.24) is 20.5 Å².